The fourth-order valence-electron chi connectivity index (χ4n) is 5.31. The summed E-state index contributed by atoms with van der Waals surface area (Å²) in [6.07, 6.45) is -2.01. The molecule has 0 saturated carbocycles. The molecule has 0 aliphatic rings. The van der Waals surface area contributed by atoms with Gasteiger partial charge in [-0.05, 0) is 34.7 Å². The minimum absolute atomic E-state index is 0.212. The van der Waals surface area contributed by atoms with Crippen LogP contribution < -0.4 is 0 Å². The Morgan fingerprint density at radius 1 is 0.463 bits per heavy atom. The first-order chi connectivity index (χ1) is 20.0. The minimum Gasteiger partial charge on any atom is -0.383 e. The highest BCUT2D eigenvalue weighted by Crippen LogP contribution is 2.42. The highest BCUT2D eigenvalue weighted by atomic mass is 16.6. The zero-order valence-corrected chi connectivity index (χ0v) is 23.2. The molecule has 0 bridgehead atoms. The SMILES string of the molecule is C[C@@](O)(c1ccccc1)[C@H](OCc1ccccc1)[C@@H](OCc1ccccc1)C(O)(c1ccccc1)c1ccccc1. The highest BCUT2D eigenvalue weighted by molar-refractivity contribution is 5.39. The summed E-state index contributed by atoms with van der Waals surface area (Å²) in [6.45, 7) is 2.16. The zero-order valence-electron chi connectivity index (χ0n) is 23.2. The van der Waals surface area contributed by atoms with Gasteiger partial charge in [0.25, 0.3) is 0 Å². The normalized spacial score (nSPS) is 14.6. The van der Waals surface area contributed by atoms with Crippen molar-refractivity contribution < 1.29 is 19.7 Å². The monoisotopic (exact) mass is 544 g/mol. The lowest BCUT2D eigenvalue weighted by atomic mass is 9.74. The van der Waals surface area contributed by atoms with Gasteiger partial charge in [0, 0.05) is 0 Å². The van der Waals surface area contributed by atoms with Crippen LogP contribution in [0.1, 0.15) is 34.7 Å². The van der Waals surface area contributed by atoms with Gasteiger partial charge in [0.05, 0.1) is 13.2 Å². The number of hydrogen-bond donors (Lipinski definition) is 2. The highest BCUT2D eigenvalue weighted by Gasteiger charge is 2.52. The van der Waals surface area contributed by atoms with E-state index in [0.29, 0.717) is 16.7 Å². The Kier molecular flexibility index (Phi) is 9.07. The van der Waals surface area contributed by atoms with Crippen LogP contribution in [0.5, 0.6) is 0 Å². The van der Waals surface area contributed by atoms with Gasteiger partial charge in [0.15, 0.2) is 0 Å². The molecule has 0 aliphatic heterocycles. The first-order valence-electron chi connectivity index (χ1n) is 13.9. The van der Waals surface area contributed by atoms with E-state index in [0.717, 1.165) is 11.1 Å². The van der Waals surface area contributed by atoms with E-state index in [9.17, 15) is 10.2 Å². The van der Waals surface area contributed by atoms with E-state index >= 15 is 0 Å². The summed E-state index contributed by atoms with van der Waals surface area (Å²) in [7, 11) is 0. The largest absolute Gasteiger partial charge is 0.383 e. The number of rotatable bonds is 12. The molecule has 0 radical (unpaired) electrons. The van der Waals surface area contributed by atoms with Gasteiger partial charge in [-0.25, -0.2) is 0 Å². The van der Waals surface area contributed by atoms with Gasteiger partial charge in [-0.2, -0.15) is 0 Å². The molecule has 4 nitrogen and oxygen atoms in total. The third-order valence-electron chi connectivity index (χ3n) is 7.57. The average Bonchev–Trinajstić information content (AvgIpc) is 3.04. The fourth-order valence-corrected chi connectivity index (χ4v) is 5.31. The van der Waals surface area contributed by atoms with E-state index < -0.39 is 23.4 Å². The Balaban J connectivity index is 1.67. The van der Waals surface area contributed by atoms with Gasteiger partial charge in [-0.1, -0.05) is 152 Å². The summed E-state index contributed by atoms with van der Waals surface area (Å²) in [6, 6.07) is 48.0. The molecule has 0 heterocycles. The van der Waals surface area contributed by atoms with Gasteiger partial charge in [0.2, 0.25) is 0 Å². The van der Waals surface area contributed by atoms with Crippen LogP contribution in [-0.4, -0.2) is 22.4 Å². The van der Waals surface area contributed by atoms with Crippen molar-refractivity contribution in [2.24, 2.45) is 0 Å². The molecule has 3 atom stereocenters. The van der Waals surface area contributed by atoms with Crippen molar-refractivity contribution in [2.75, 3.05) is 0 Å². The summed E-state index contributed by atoms with van der Waals surface area (Å²) in [5.41, 5.74) is 0.637. The predicted octanol–water partition coefficient (Wildman–Crippen LogP) is 7.00. The number of ether oxygens (including phenoxy) is 2. The summed E-state index contributed by atoms with van der Waals surface area (Å²) in [5, 5.41) is 25.3. The van der Waals surface area contributed by atoms with E-state index in [1.807, 2.05) is 152 Å². The van der Waals surface area contributed by atoms with Crippen molar-refractivity contribution in [2.45, 2.75) is 43.5 Å². The number of benzene rings is 5. The van der Waals surface area contributed by atoms with Gasteiger partial charge >= 0.3 is 0 Å². The zero-order chi connectivity index (χ0) is 28.5. The van der Waals surface area contributed by atoms with E-state index in [1.54, 1.807) is 6.92 Å². The van der Waals surface area contributed by atoms with Crippen LogP contribution in [-0.2, 0) is 33.9 Å². The molecule has 4 heteroatoms. The van der Waals surface area contributed by atoms with Crippen molar-refractivity contribution in [3.63, 3.8) is 0 Å². The van der Waals surface area contributed by atoms with E-state index in [-0.39, 0.29) is 13.2 Å². The Hall–Kier alpha value is -4.06. The van der Waals surface area contributed by atoms with E-state index in [1.165, 1.54) is 0 Å². The Labute approximate surface area is 242 Å². The molecule has 41 heavy (non-hydrogen) atoms. The summed E-state index contributed by atoms with van der Waals surface area (Å²) < 4.78 is 13.4. The van der Waals surface area contributed by atoms with Gasteiger partial charge in [0.1, 0.15) is 23.4 Å². The van der Waals surface area contributed by atoms with Crippen molar-refractivity contribution in [3.05, 3.63) is 179 Å². The topological polar surface area (TPSA) is 58.9 Å². The van der Waals surface area contributed by atoms with Crippen molar-refractivity contribution in [1.29, 1.82) is 0 Å². The lowest BCUT2D eigenvalue weighted by molar-refractivity contribution is -0.220. The number of aliphatic hydroxyl groups is 2. The fraction of sp³-hybridized carbons (Fsp3) is 0.189. The molecule has 0 amide bonds. The van der Waals surface area contributed by atoms with Crippen molar-refractivity contribution in [1.82, 2.24) is 0 Å². The molecule has 0 saturated heterocycles. The van der Waals surface area contributed by atoms with Crippen LogP contribution in [0.3, 0.4) is 0 Å². The Bertz CT molecular complexity index is 1420. The van der Waals surface area contributed by atoms with Crippen LogP contribution >= 0.6 is 0 Å². The third kappa shape index (κ3) is 6.48. The van der Waals surface area contributed by atoms with Crippen LogP contribution in [0.25, 0.3) is 0 Å². The molecule has 5 rings (SSSR count). The summed E-state index contributed by atoms with van der Waals surface area (Å²) in [4.78, 5) is 0. The average molecular weight is 545 g/mol. The number of hydrogen-bond acceptors (Lipinski definition) is 4. The first-order valence-corrected chi connectivity index (χ1v) is 13.9. The minimum atomic E-state index is -1.67. The van der Waals surface area contributed by atoms with Crippen molar-refractivity contribution >= 4 is 0 Å². The molecule has 2 N–H and O–H groups in total. The lowest BCUT2D eigenvalue weighted by Crippen LogP contribution is -2.57. The van der Waals surface area contributed by atoms with Gasteiger partial charge in [-0.3, -0.25) is 0 Å². The molecule has 5 aromatic carbocycles. The van der Waals surface area contributed by atoms with Crippen LogP contribution in [0.2, 0.25) is 0 Å². The second-order valence-corrected chi connectivity index (χ2v) is 10.4. The predicted molar refractivity (Wildman–Crippen MR) is 162 cm³/mol. The molecule has 208 valence electrons. The second-order valence-electron chi connectivity index (χ2n) is 10.4. The molecule has 0 spiro atoms. The lowest BCUT2D eigenvalue weighted by Gasteiger charge is -2.46. The Morgan fingerprint density at radius 3 is 1.17 bits per heavy atom. The molecular weight excluding hydrogens is 508 g/mol. The summed E-state index contributed by atoms with van der Waals surface area (Å²) >= 11 is 0. The molecule has 0 unspecified atom stereocenters. The van der Waals surface area contributed by atoms with E-state index in [4.69, 9.17) is 9.47 Å². The Morgan fingerprint density at radius 2 is 0.780 bits per heavy atom. The smallest absolute Gasteiger partial charge is 0.143 e. The standard InChI is InChI=1S/C37H36O4/c1-36(38,31-21-11-4-12-22-31)34(40-27-29-17-7-2-8-18-29)35(41-28-30-19-9-3-10-20-30)37(39,32-23-13-5-14-24-32)33-25-15-6-16-26-33/h2-26,34-35,38-39H,27-28H2,1H3/t34-,35-,36-/m1/s1. The third-order valence-corrected chi connectivity index (χ3v) is 7.57. The van der Waals surface area contributed by atoms with Crippen molar-refractivity contribution in [3.8, 4) is 0 Å². The molecule has 0 aromatic heterocycles. The van der Waals surface area contributed by atoms with Crippen LogP contribution in [0.4, 0.5) is 0 Å². The maximum absolute atomic E-state index is 13.0. The van der Waals surface area contributed by atoms with Crippen LogP contribution in [0.15, 0.2) is 152 Å². The maximum atomic E-state index is 13.0. The first kappa shape index (κ1) is 28.5. The molecular formula is C37H36O4. The molecule has 0 aliphatic carbocycles. The van der Waals surface area contributed by atoms with E-state index in [2.05, 4.69) is 0 Å². The summed E-state index contributed by atoms with van der Waals surface area (Å²) in [5.74, 6) is 0. The van der Waals surface area contributed by atoms with Gasteiger partial charge < -0.3 is 19.7 Å². The second kappa shape index (κ2) is 13.1. The quantitative estimate of drug-likeness (QED) is 0.178. The van der Waals surface area contributed by atoms with Crippen LogP contribution in [0, 0.1) is 0 Å². The molecule has 5 aromatic rings. The van der Waals surface area contributed by atoms with Gasteiger partial charge in [-0.15, -0.1) is 0 Å². The molecule has 0 fully saturated rings. The maximum Gasteiger partial charge on any atom is 0.143 e.